The average molecular weight is 701 g/mol. The van der Waals surface area contributed by atoms with Gasteiger partial charge in [0, 0.05) is 34.6 Å². The molecular formula is C47H48N4O2. The van der Waals surface area contributed by atoms with E-state index in [2.05, 4.69) is 168 Å². The highest BCUT2D eigenvalue weighted by Crippen LogP contribution is 2.38. The first kappa shape index (κ1) is 34.5. The van der Waals surface area contributed by atoms with Crippen molar-refractivity contribution in [3.8, 4) is 22.9 Å². The van der Waals surface area contributed by atoms with Crippen molar-refractivity contribution in [2.45, 2.75) is 33.1 Å². The van der Waals surface area contributed by atoms with Crippen LogP contribution in [0.25, 0.3) is 55.0 Å². The van der Waals surface area contributed by atoms with Gasteiger partial charge in [0.25, 0.3) is 0 Å². The van der Waals surface area contributed by atoms with Crippen LogP contribution >= 0.6 is 0 Å². The van der Waals surface area contributed by atoms with Gasteiger partial charge in [0.1, 0.15) is 11.5 Å². The van der Waals surface area contributed by atoms with E-state index in [-0.39, 0.29) is 0 Å². The molecule has 0 unspecified atom stereocenters. The van der Waals surface area contributed by atoms with Gasteiger partial charge in [-0.1, -0.05) is 84.9 Å². The van der Waals surface area contributed by atoms with Crippen LogP contribution in [-0.4, -0.2) is 69.4 Å². The van der Waals surface area contributed by atoms with Crippen molar-refractivity contribution in [3.05, 3.63) is 144 Å². The monoisotopic (exact) mass is 700 g/mol. The first-order valence-corrected chi connectivity index (χ1v) is 18.8. The van der Waals surface area contributed by atoms with E-state index in [0.717, 1.165) is 101 Å². The Balaban J connectivity index is 0.902. The number of aryl methyl sites for hydroxylation is 2. The quantitative estimate of drug-likeness (QED) is 0.133. The fraction of sp³-hybridized carbons (Fsp3) is 0.234. The summed E-state index contributed by atoms with van der Waals surface area (Å²) in [4.78, 5) is 4.72. The zero-order chi connectivity index (χ0) is 36.6. The van der Waals surface area contributed by atoms with Crippen LogP contribution in [-0.2, 0) is 12.8 Å². The molecule has 0 atom stereocenters. The SMILES string of the molecule is Cc1cc(CCN(C)CCCN(C)CCc2cc(C)cc(-n3c4ccccc4c4ccccc43)c2O)c(O)c(-n2c3ccccc3c3ccccc32)c1. The van der Waals surface area contributed by atoms with Crippen molar-refractivity contribution in [3.63, 3.8) is 0 Å². The summed E-state index contributed by atoms with van der Waals surface area (Å²) in [6.07, 6.45) is 2.57. The van der Waals surface area contributed by atoms with Gasteiger partial charge in [-0.15, -0.1) is 0 Å². The van der Waals surface area contributed by atoms with Crippen molar-refractivity contribution in [1.29, 1.82) is 0 Å². The number of aromatic nitrogens is 2. The Morgan fingerprint density at radius 1 is 0.453 bits per heavy atom. The number of para-hydroxylation sites is 4. The number of hydrogen-bond donors (Lipinski definition) is 2. The number of nitrogens with zero attached hydrogens (tertiary/aromatic N) is 4. The number of aromatic hydroxyl groups is 2. The molecule has 2 N–H and O–H groups in total. The van der Waals surface area contributed by atoms with E-state index in [0.29, 0.717) is 11.5 Å². The lowest BCUT2D eigenvalue weighted by molar-refractivity contribution is 0.280. The van der Waals surface area contributed by atoms with E-state index in [1.165, 1.54) is 21.5 Å². The minimum atomic E-state index is 0.357. The molecule has 0 aliphatic carbocycles. The molecule has 8 rings (SSSR count). The molecule has 6 nitrogen and oxygen atoms in total. The van der Waals surface area contributed by atoms with Gasteiger partial charge >= 0.3 is 0 Å². The van der Waals surface area contributed by atoms with Gasteiger partial charge in [-0.3, -0.25) is 0 Å². The largest absolute Gasteiger partial charge is 0.505 e. The zero-order valence-corrected chi connectivity index (χ0v) is 31.2. The van der Waals surface area contributed by atoms with E-state index in [4.69, 9.17) is 0 Å². The van der Waals surface area contributed by atoms with Crippen molar-refractivity contribution < 1.29 is 10.2 Å². The standard InChI is InChI=1S/C47H48N4O2/c1-32-28-34(46(52)44(30-32)50-40-18-9-5-14-36(40)37-15-6-10-19-41(37)50)22-26-48(3)24-13-25-49(4)27-23-35-29-33(2)31-45(47(35)53)51-42-20-11-7-16-38(42)39-17-8-12-21-43(39)51/h5-12,14-21,28-31,52-53H,13,22-27H2,1-4H3. The highest BCUT2D eigenvalue weighted by Gasteiger charge is 2.19. The minimum Gasteiger partial charge on any atom is -0.505 e. The third-order valence-electron chi connectivity index (χ3n) is 10.9. The predicted octanol–water partition coefficient (Wildman–Crippen LogP) is 9.95. The molecule has 0 fully saturated rings. The predicted molar refractivity (Wildman–Crippen MR) is 221 cm³/mol. The molecule has 0 saturated heterocycles. The van der Waals surface area contributed by atoms with Crippen LogP contribution in [0.4, 0.5) is 0 Å². The molecule has 0 spiro atoms. The third-order valence-corrected chi connectivity index (χ3v) is 10.9. The summed E-state index contributed by atoms with van der Waals surface area (Å²) in [6.45, 7) is 7.86. The number of fused-ring (bicyclic) bond motifs is 6. The summed E-state index contributed by atoms with van der Waals surface area (Å²) in [7, 11) is 4.34. The Bertz CT molecular complexity index is 2310. The van der Waals surface area contributed by atoms with E-state index >= 15 is 0 Å². The molecule has 0 aliphatic rings. The lowest BCUT2D eigenvalue weighted by atomic mass is 10.0. The number of phenolic OH excluding ortho intramolecular Hbond substituents is 2. The van der Waals surface area contributed by atoms with Crippen LogP contribution < -0.4 is 0 Å². The Morgan fingerprint density at radius 3 is 1.11 bits per heavy atom. The average Bonchev–Trinajstić information content (AvgIpc) is 3.68. The Hall–Kier alpha value is -5.56. The van der Waals surface area contributed by atoms with E-state index in [1.807, 2.05) is 0 Å². The molecule has 2 aromatic heterocycles. The zero-order valence-electron chi connectivity index (χ0n) is 31.2. The van der Waals surface area contributed by atoms with Crippen LogP contribution in [0.2, 0.25) is 0 Å². The summed E-state index contributed by atoms with van der Waals surface area (Å²) in [5.41, 5.74) is 10.3. The smallest absolute Gasteiger partial charge is 0.142 e. The fourth-order valence-electron chi connectivity index (χ4n) is 8.21. The number of rotatable bonds is 12. The van der Waals surface area contributed by atoms with Gasteiger partial charge in [0.15, 0.2) is 0 Å². The first-order chi connectivity index (χ1) is 25.8. The second-order valence-corrected chi connectivity index (χ2v) is 14.8. The summed E-state index contributed by atoms with van der Waals surface area (Å²) in [6, 6.07) is 42.2. The summed E-state index contributed by atoms with van der Waals surface area (Å²) in [5, 5.41) is 28.1. The molecule has 268 valence electrons. The molecule has 0 aliphatic heterocycles. The van der Waals surface area contributed by atoms with E-state index < -0.39 is 0 Å². The Kier molecular flexibility index (Phi) is 9.42. The maximum atomic E-state index is 11.7. The Labute approximate surface area is 311 Å². The number of hydrogen-bond acceptors (Lipinski definition) is 4. The molecule has 2 heterocycles. The van der Waals surface area contributed by atoms with Gasteiger partial charge in [-0.2, -0.15) is 0 Å². The van der Waals surface area contributed by atoms with E-state index in [1.54, 1.807) is 0 Å². The van der Waals surface area contributed by atoms with Crippen molar-refractivity contribution >= 4 is 43.6 Å². The van der Waals surface area contributed by atoms with Gasteiger partial charge in [0.2, 0.25) is 0 Å². The molecule has 0 saturated carbocycles. The normalized spacial score (nSPS) is 12.0. The summed E-state index contributed by atoms with van der Waals surface area (Å²) >= 11 is 0. The number of benzene rings is 6. The second kappa shape index (κ2) is 14.5. The highest BCUT2D eigenvalue weighted by molar-refractivity contribution is 6.10. The van der Waals surface area contributed by atoms with Gasteiger partial charge in [-0.25, -0.2) is 0 Å². The maximum absolute atomic E-state index is 11.7. The first-order valence-electron chi connectivity index (χ1n) is 18.8. The number of phenols is 2. The second-order valence-electron chi connectivity index (χ2n) is 14.8. The molecule has 6 heteroatoms. The Morgan fingerprint density at radius 2 is 0.774 bits per heavy atom. The van der Waals surface area contributed by atoms with Crippen molar-refractivity contribution in [2.24, 2.45) is 0 Å². The van der Waals surface area contributed by atoms with E-state index in [9.17, 15) is 10.2 Å². The molecular weight excluding hydrogens is 653 g/mol. The third kappa shape index (κ3) is 6.54. The van der Waals surface area contributed by atoms with Gasteiger partial charge in [-0.05, 0) is 119 Å². The maximum Gasteiger partial charge on any atom is 0.142 e. The fourth-order valence-corrected chi connectivity index (χ4v) is 8.21. The van der Waals surface area contributed by atoms with Crippen LogP contribution in [0, 0.1) is 13.8 Å². The van der Waals surface area contributed by atoms with Crippen molar-refractivity contribution in [1.82, 2.24) is 18.9 Å². The molecule has 53 heavy (non-hydrogen) atoms. The van der Waals surface area contributed by atoms with Crippen LogP contribution in [0.3, 0.4) is 0 Å². The molecule has 0 amide bonds. The topological polar surface area (TPSA) is 56.8 Å². The molecule has 0 radical (unpaired) electrons. The lowest BCUT2D eigenvalue weighted by Crippen LogP contribution is -2.28. The highest BCUT2D eigenvalue weighted by atomic mass is 16.3. The minimum absolute atomic E-state index is 0.357. The van der Waals surface area contributed by atoms with Gasteiger partial charge < -0.3 is 29.1 Å². The molecule has 6 aromatic carbocycles. The van der Waals surface area contributed by atoms with Crippen molar-refractivity contribution in [2.75, 3.05) is 40.3 Å². The van der Waals surface area contributed by atoms with Crippen LogP contribution in [0.15, 0.2) is 121 Å². The summed E-state index contributed by atoms with van der Waals surface area (Å²) < 4.78 is 4.41. The van der Waals surface area contributed by atoms with Crippen LogP contribution in [0.1, 0.15) is 28.7 Å². The molecule has 0 bridgehead atoms. The van der Waals surface area contributed by atoms with Crippen LogP contribution in [0.5, 0.6) is 11.5 Å². The summed E-state index contributed by atoms with van der Waals surface area (Å²) in [5.74, 6) is 0.715. The number of likely N-dealkylation sites (N-methyl/N-ethyl adjacent to an activating group) is 2. The molecule has 8 aromatic rings. The lowest BCUT2D eigenvalue weighted by Gasteiger charge is -2.22. The van der Waals surface area contributed by atoms with Gasteiger partial charge in [0.05, 0.1) is 33.4 Å².